The summed E-state index contributed by atoms with van der Waals surface area (Å²) in [6.07, 6.45) is -0.473. The van der Waals surface area contributed by atoms with Crippen LogP contribution in [-0.4, -0.2) is 33.6 Å². The van der Waals surface area contributed by atoms with Crippen LogP contribution in [0.1, 0.15) is 16.8 Å². The molecule has 0 radical (unpaired) electrons. The number of carboxylic acid groups (broad SMARTS) is 1. The molecule has 0 fully saturated rings. The maximum Gasteiger partial charge on any atom is 0.313 e. The molecule has 1 aromatic carbocycles. The van der Waals surface area contributed by atoms with Gasteiger partial charge in [-0.05, 0) is 12.1 Å². The van der Waals surface area contributed by atoms with E-state index in [-0.39, 0.29) is 5.56 Å². The number of amides is 1. The van der Waals surface area contributed by atoms with Gasteiger partial charge in [-0.1, -0.05) is 23.2 Å². The van der Waals surface area contributed by atoms with Crippen molar-refractivity contribution in [3.05, 3.63) is 46.0 Å². The first kappa shape index (κ1) is 12.6. The fourth-order valence-corrected chi connectivity index (χ4v) is 1.19. The summed E-state index contributed by atoms with van der Waals surface area (Å²) in [5, 5.41) is 18.5. The van der Waals surface area contributed by atoms with Crippen molar-refractivity contribution >= 4 is 11.9 Å². The van der Waals surface area contributed by atoms with Crippen LogP contribution in [0.15, 0.2) is 30.3 Å². The van der Waals surface area contributed by atoms with Crippen molar-refractivity contribution in [3.63, 3.8) is 0 Å². The quantitative estimate of drug-likeness (QED) is 0.603. The topological polar surface area (TPSA) is 101 Å². The summed E-state index contributed by atoms with van der Waals surface area (Å²) >= 11 is 0. The Balaban J connectivity index is 2.81. The molecule has 0 spiro atoms. The number of benzene rings is 1. The predicted molar refractivity (Wildman–Crippen MR) is 56.7 cm³/mol. The van der Waals surface area contributed by atoms with Crippen molar-refractivity contribution in [1.29, 1.82) is 0 Å². The molecule has 0 bridgehead atoms. The molecule has 1 N–H and O–H groups in total. The molecule has 7 nitrogen and oxygen atoms in total. The van der Waals surface area contributed by atoms with Crippen LogP contribution in [0.25, 0.3) is 0 Å². The molecule has 0 saturated carbocycles. The molecule has 0 aromatic heterocycles. The molecule has 0 aliphatic heterocycles. The second-order valence-corrected chi connectivity index (χ2v) is 3.18. The lowest BCUT2D eigenvalue weighted by atomic mass is 10.2. The minimum atomic E-state index is -1.20. The van der Waals surface area contributed by atoms with Crippen molar-refractivity contribution in [2.24, 2.45) is 0 Å². The van der Waals surface area contributed by atoms with Crippen molar-refractivity contribution in [2.75, 3.05) is 6.54 Å². The second-order valence-electron chi connectivity index (χ2n) is 3.18. The molecule has 0 saturated heterocycles. The summed E-state index contributed by atoms with van der Waals surface area (Å²) in [5.74, 6) is -2.02. The fourth-order valence-electron chi connectivity index (χ4n) is 1.19. The Morgan fingerprint density at radius 3 is 2.35 bits per heavy atom. The van der Waals surface area contributed by atoms with Gasteiger partial charge in [0, 0.05) is 5.56 Å². The lowest BCUT2D eigenvalue weighted by Crippen LogP contribution is -2.37. The number of hydrogen-bond donors (Lipinski definition) is 1. The molecule has 0 atom stereocenters. The van der Waals surface area contributed by atoms with E-state index in [1.54, 1.807) is 18.2 Å². The third kappa shape index (κ3) is 3.56. The van der Waals surface area contributed by atoms with Crippen molar-refractivity contribution < 1.29 is 19.7 Å². The molecule has 0 aliphatic carbocycles. The summed E-state index contributed by atoms with van der Waals surface area (Å²) < 4.78 is 0. The minimum absolute atomic E-state index is 0.148. The van der Waals surface area contributed by atoms with Crippen LogP contribution < -0.4 is 0 Å². The van der Waals surface area contributed by atoms with E-state index in [4.69, 9.17) is 5.11 Å². The molecule has 0 aliphatic rings. The largest absolute Gasteiger partial charge is 0.481 e. The Bertz CT molecular complexity index is 432. The van der Waals surface area contributed by atoms with Crippen LogP contribution >= 0.6 is 0 Å². The molecule has 7 heteroatoms. The molecule has 1 amide bonds. The number of carboxylic acids is 1. The first-order valence-electron chi connectivity index (χ1n) is 4.75. The third-order valence-electron chi connectivity index (χ3n) is 1.99. The van der Waals surface area contributed by atoms with Crippen LogP contribution in [0, 0.1) is 10.1 Å². The lowest BCUT2D eigenvalue weighted by Gasteiger charge is -2.10. The molecule has 1 aromatic rings. The first-order chi connectivity index (χ1) is 8.02. The van der Waals surface area contributed by atoms with Gasteiger partial charge < -0.3 is 5.11 Å². The first-order valence-corrected chi connectivity index (χ1v) is 4.75. The summed E-state index contributed by atoms with van der Waals surface area (Å²) in [5.41, 5.74) is 0.148. The summed E-state index contributed by atoms with van der Waals surface area (Å²) in [6, 6.07) is 7.68. The monoisotopic (exact) mass is 238 g/mol. The summed E-state index contributed by atoms with van der Waals surface area (Å²) in [4.78, 5) is 32.7. The Hall–Kier alpha value is -2.44. The second kappa shape index (κ2) is 5.59. The Morgan fingerprint density at radius 2 is 1.88 bits per heavy atom. The van der Waals surface area contributed by atoms with Crippen molar-refractivity contribution in [1.82, 2.24) is 5.01 Å². The van der Waals surface area contributed by atoms with Gasteiger partial charge in [0.2, 0.25) is 0 Å². The molecule has 0 unspecified atom stereocenters. The molecule has 17 heavy (non-hydrogen) atoms. The number of carbonyl (C=O) groups excluding carboxylic acids is 1. The van der Waals surface area contributed by atoms with E-state index in [9.17, 15) is 19.7 Å². The van der Waals surface area contributed by atoms with Gasteiger partial charge in [-0.25, -0.2) is 10.1 Å². The number of nitrogens with zero attached hydrogens (tertiary/aromatic N) is 2. The van der Waals surface area contributed by atoms with Gasteiger partial charge >= 0.3 is 11.9 Å². The maximum absolute atomic E-state index is 11.7. The maximum atomic E-state index is 11.7. The zero-order valence-corrected chi connectivity index (χ0v) is 8.78. The Labute approximate surface area is 96.4 Å². The SMILES string of the molecule is O=C(O)CCN(C(=O)c1ccccc1)[N+](=O)[O-]. The molecule has 90 valence electrons. The smallest absolute Gasteiger partial charge is 0.313 e. The predicted octanol–water partition coefficient (Wildman–Crippen LogP) is 0.795. The molecular weight excluding hydrogens is 228 g/mol. The van der Waals surface area contributed by atoms with E-state index < -0.39 is 29.9 Å². The third-order valence-corrected chi connectivity index (χ3v) is 1.99. The van der Waals surface area contributed by atoms with Crippen molar-refractivity contribution in [2.45, 2.75) is 6.42 Å². The van der Waals surface area contributed by atoms with E-state index in [1.807, 2.05) is 0 Å². The highest BCUT2D eigenvalue weighted by molar-refractivity contribution is 5.93. The fraction of sp³-hybridized carbons (Fsp3) is 0.200. The molecular formula is C10H10N2O5. The van der Waals surface area contributed by atoms with E-state index in [1.165, 1.54) is 12.1 Å². The highest BCUT2D eigenvalue weighted by atomic mass is 16.7. The van der Waals surface area contributed by atoms with E-state index >= 15 is 0 Å². The average molecular weight is 238 g/mol. The van der Waals surface area contributed by atoms with Crippen LogP contribution in [0.2, 0.25) is 0 Å². The van der Waals surface area contributed by atoms with Crippen LogP contribution in [0.4, 0.5) is 0 Å². The summed E-state index contributed by atoms with van der Waals surface area (Å²) in [6.45, 7) is -0.462. The van der Waals surface area contributed by atoms with E-state index in [2.05, 4.69) is 0 Å². The number of hydrazine groups is 1. The van der Waals surface area contributed by atoms with E-state index in [0.717, 1.165) is 0 Å². The standard InChI is InChI=1S/C10H10N2O5/c13-9(14)6-7-11(12(16)17)10(15)8-4-2-1-3-5-8/h1-5H,6-7H2,(H,13,14). The zero-order chi connectivity index (χ0) is 12.8. The van der Waals surface area contributed by atoms with Gasteiger partial charge in [-0.3, -0.25) is 9.59 Å². The Kier molecular flexibility index (Phi) is 4.15. The summed E-state index contributed by atoms with van der Waals surface area (Å²) in [7, 11) is 0. The molecule has 0 heterocycles. The van der Waals surface area contributed by atoms with Gasteiger partial charge in [-0.2, -0.15) is 0 Å². The highest BCUT2D eigenvalue weighted by Gasteiger charge is 2.25. The zero-order valence-electron chi connectivity index (χ0n) is 8.78. The van der Waals surface area contributed by atoms with Crippen molar-refractivity contribution in [3.8, 4) is 0 Å². The average Bonchev–Trinajstić information content (AvgIpc) is 2.29. The van der Waals surface area contributed by atoms with Gasteiger partial charge in [0.25, 0.3) is 0 Å². The van der Waals surface area contributed by atoms with Gasteiger partial charge in [-0.15, -0.1) is 0 Å². The number of hydrogen-bond acceptors (Lipinski definition) is 4. The van der Waals surface area contributed by atoms with Gasteiger partial charge in [0.1, 0.15) is 0 Å². The van der Waals surface area contributed by atoms with Crippen LogP contribution in [0.3, 0.4) is 0 Å². The normalized spacial score (nSPS) is 9.65. The minimum Gasteiger partial charge on any atom is -0.481 e. The molecule has 1 rings (SSSR count). The van der Waals surface area contributed by atoms with Crippen LogP contribution in [-0.2, 0) is 4.79 Å². The Morgan fingerprint density at radius 1 is 1.29 bits per heavy atom. The lowest BCUT2D eigenvalue weighted by molar-refractivity contribution is -0.631. The number of carbonyl (C=O) groups is 2. The van der Waals surface area contributed by atoms with Gasteiger partial charge in [0.05, 0.1) is 13.0 Å². The number of aliphatic carboxylic acids is 1. The van der Waals surface area contributed by atoms with Gasteiger partial charge in [0.15, 0.2) is 5.03 Å². The highest BCUT2D eigenvalue weighted by Crippen LogP contribution is 2.05. The van der Waals surface area contributed by atoms with Crippen LogP contribution in [0.5, 0.6) is 0 Å². The van der Waals surface area contributed by atoms with E-state index in [0.29, 0.717) is 5.01 Å². The number of nitro groups is 1. The number of rotatable bonds is 5.